The molecule has 26 heavy (non-hydrogen) atoms. The van der Waals surface area contributed by atoms with Gasteiger partial charge in [-0.1, -0.05) is 23.2 Å². The molecule has 0 aromatic heterocycles. The summed E-state index contributed by atoms with van der Waals surface area (Å²) in [5.41, 5.74) is 5.02. The maximum atomic E-state index is 11.8. The van der Waals surface area contributed by atoms with E-state index >= 15 is 0 Å². The average Bonchev–Trinajstić information content (AvgIpc) is 2.65. The topological polar surface area (TPSA) is 91.2 Å². The van der Waals surface area contributed by atoms with Crippen LogP contribution in [0.4, 0.5) is 0 Å². The molecular weight excluding hydrogens is 397 g/mol. The molecule has 2 aromatic carbocycles. The van der Waals surface area contributed by atoms with Crippen LogP contribution in [0, 0.1) is 11.3 Å². The Hall–Kier alpha value is -2.40. The molecule has 134 valence electrons. The van der Waals surface area contributed by atoms with Crippen LogP contribution in [0.15, 0.2) is 47.4 Å². The molecule has 2 amide bonds. The number of halogens is 2. The summed E-state index contributed by atoms with van der Waals surface area (Å²) in [4.78, 5) is 24.1. The molecule has 0 bridgehead atoms. The smallest absolute Gasteiger partial charge is 0.276 e. The van der Waals surface area contributed by atoms with Crippen LogP contribution in [0.1, 0.15) is 5.56 Å². The van der Waals surface area contributed by atoms with Crippen molar-refractivity contribution in [2.24, 2.45) is 0 Å². The zero-order valence-electron chi connectivity index (χ0n) is 13.3. The van der Waals surface area contributed by atoms with Gasteiger partial charge >= 0.3 is 0 Å². The van der Waals surface area contributed by atoms with E-state index in [4.69, 9.17) is 33.2 Å². The molecule has 0 fully saturated rings. The maximum Gasteiger partial charge on any atom is 0.276 e. The number of rotatable bonds is 6. The van der Waals surface area contributed by atoms with E-state index in [1.807, 2.05) is 6.07 Å². The standard InChI is InChI=1S/C17H13Cl2N3O3S/c18-12-3-6-14(19)15(7-12)26-10-17(24)22-21-16(23)9-25-13-4-1-11(8-20)2-5-13/h1-7H,9-10H2,(H,21,23)(H,22,24). The Morgan fingerprint density at radius 1 is 1.08 bits per heavy atom. The number of carbonyl (C=O) groups excluding carboxylic acids is 2. The van der Waals surface area contributed by atoms with Gasteiger partial charge in [0, 0.05) is 9.92 Å². The van der Waals surface area contributed by atoms with Crippen molar-refractivity contribution in [2.45, 2.75) is 4.90 Å². The highest BCUT2D eigenvalue weighted by atomic mass is 35.5. The molecule has 0 unspecified atom stereocenters. The predicted octanol–water partition coefficient (Wildman–Crippen LogP) is 3.18. The van der Waals surface area contributed by atoms with E-state index in [2.05, 4.69) is 10.9 Å². The SMILES string of the molecule is N#Cc1ccc(OCC(=O)NNC(=O)CSc2cc(Cl)ccc2Cl)cc1. The zero-order chi connectivity index (χ0) is 18.9. The number of hydrogen-bond donors (Lipinski definition) is 2. The van der Waals surface area contributed by atoms with Gasteiger partial charge in [-0.25, -0.2) is 0 Å². The van der Waals surface area contributed by atoms with Gasteiger partial charge in [0.25, 0.3) is 5.91 Å². The minimum atomic E-state index is -0.520. The van der Waals surface area contributed by atoms with E-state index in [0.717, 1.165) is 0 Å². The van der Waals surface area contributed by atoms with Crippen LogP contribution in [0.2, 0.25) is 10.0 Å². The number of nitrogens with zero attached hydrogens (tertiary/aromatic N) is 1. The summed E-state index contributed by atoms with van der Waals surface area (Å²) >= 11 is 13.1. The third-order valence-electron chi connectivity index (χ3n) is 2.95. The first-order valence-electron chi connectivity index (χ1n) is 7.26. The lowest BCUT2D eigenvalue weighted by Crippen LogP contribution is -2.44. The summed E-state index contributed by atoms with van der Waals surface area (Å²) in [6, 6.07) is 13.3. The molecule has 2 N–H and O–H groups in total. The van der Waals surface area contributed by atoms with Gasteiger partial charge in [0.1, 0.15) is 5.75 Å². The monoisotopic (exact) mass is 409 g/mol. The third kappa shape index (κ3) is 6.48. The van der Waals surface area contributed by atoms with E-state index in [1.165, 1.54) is 11.8 Å². The molecule has 9 heteroatoms. The number of carbonyl (C=O) groups is 2. The number of ether oxygens (including phenoxy) is 1. The third-order valence-corrected chi connectivity index (χ3v) is 4.68. The van der Waals surface area contributed by atoms with Crippen LogP contribution in [0.5, 0.6) is 5.75 Å². The van der Waals surface area contributed by atoms with Crippen LogP contribution in [0.3, 0.4) is 0 Å². The van der Waals surface area contributed by atoms with Crippen molar-refractivity contribution in [3.63, 3.8) is 0 Å². The van der Waals surface area contributed by atoms with Gasteiger partial charge in [0.15, 0.2) is 6.61 Å². The molecule has 0 spiro atoms. The predicted molar refractivity (Wildman–Crippen MR) is 100 cm³/mol. The average molecular weight is 410 g/mol. The van der Waals surface area contributed by atoms with Crippen molar-refractivity contribution in [1.82, 2.24) is 10.9 Å². The first kappa shape index (κ1) is 19.9. The lowest BCUT2D eigenvalue weighted by atomic mass is 10.2. The highest BCUT2D eigenvalue weighted by Gasteiger charge is 2.08. The first-order valence-corrected chi connectivity index (χ1v) is 9.00. The molecule has 0 atom stereocenters. The number of thioether (sulfide) groups is 1. The van der Waals surface area contributed by atoms with Gasteiger partial charge in [-0.05, 0) is 42.5 Å². The summed E-state index contributed by atoms with van der Waals surface area (Å²) in [7, 11) is 0. The molecule has 0 aliphatic carbocycles. The molecular formula is C17H13Cl2N3O3S. The number of hydrazine groups is 1. The first-order chi connectivity index (χ1) is 12.5. The van der Waals surface area contributed by atoms with Crippen LogP contribution in [-0.2, 0) is 9.59 Å². The number of nitrogens with one attached hydrogen (secondary N) is 2. The fourth-order valence-electron chi connectivity index (χ4n) is 1.72. The molecule has 0 aliphatic heterocycles. The minimum Gasteiger partial charge on any atom is -0.484 e. The fourth-order valence-corrected chi connectivity index (χ4v) is 3.01. The van der Waals surface area contributed by atoms with Crippen LogP contribution < -0.4 is 15.6 Å². The number of amides is 2. The summed E-state index contributed by atoms with van der Waals surface area (Å²) in [5.74, 6) is -0.431. The molecule has 0 aliphatic rings. The van der Waals surface area contributed by atoms with Crippen LogP contribution >= 0.6 is 35.0 Å². The summed E-state index contributed by atoms with van der Waals surface area (Å²) in [6.07, 6.45) is 0. The Kier molecular flexibility index (Phi) is 7.60. The van der Waals surface area contributed by atoms with Crippen LogP contribution in [-0.4, -0.2) is 24.2 Å². The summed E-state index contributed by atoms with van der Waals surface area (Å²) in [6.45, 7) is -0.278. The van der Waals surface area contributed by atoms with Gasteiger partial charge in [0.2, 0.25) is 5.91 Å². The zero-order valence-corrected chi connectivity index (χ0v) is 15.6. The second-order valence-electron chi connectivity index (χ2n) is 4.88. The minimum absolute atomic E-state index is 0.0524. The molecule has 0 radical (unpaired) electrons. The largest absolute Gasteiger partial charge is 0.484 e. The van der Waals surface area contributed by atoms with Gasteiger partial charge in [0.05, 0.1) is 22.4 Å². The molecule has 2 rings (SSSR count). The summed E-state index contributed by atoms with van der Waals surface area (Å²) < 4.78 is 5.25. The van der Waals surface area contributed by atoms with E-state index < -0.39 is 11.8 Å². The Labute approximate surface area is 164 Å². The van der Waals surface area contributed by atoms with Crippen molar-refractivity contribution < 1.29 is 14.3 Å². The molecule has 0 heterocycles. The number of hydrogen-bond acceptors (Lipinski definition) is 5. The number of benzene rings is 2. The highest BCUT2D eigenvalue weighted by molar-refractivity contribution is 8.00. The lowest BCUT2D eigenvalue weighted by Gasteiger charge is -2.09. The van der Waals surface area contributed by atoms with Crippen molar-refractivity contribution >= 4 is 46.8 Å². The molecule has 2 aromatic rings. The molecule has 0 saturated heterocycles. The fraction of sp³-hybridized carbons (Fsp3) is 0.118. The van der Waals surface area contributed by atoms with Gasteiger partial charge < -0.3 is 4.74 Å². The van der Waals surface area contributed by atoms with Gasteiger partial charge in [-0.2, -0.15) is 5.26 Å². The van der Waals surface area contributed by atoms with E-state index in [9.17, 15) is 9.59 Å². The van der Waals surface area contributed by atoms with Gasteiger partial charge in [-0.3, -0.25) is 20.4 Å². The van der Waals surface area contributed by atoms with Gasteiger partial charge in [-0.15, -0.1) is 11.8 Å². The van der Waals surface area contributed by atoms with Crippen molar-refractivity contribution in [3.05, 3.63) is 58.1 Å². The second-order valence-corrected chi connectivity index (χ2v) is 6.75. The second kappa shape index (κ2) is 9.92. The van der Waals surface area contributed by atoms with Crippen molar-refractivity contribution in [3.8, 4) is 11.8 Å². The normalized spacial score (nSPS) is 9.88. The Balaban J connectivity index is 1.70. The quantitative estimate of drug-likeness (QED) is 0.564. The maximum absolute atomic E-state index is 11.8. The molecule has 0 saturated carbocycles. The van der Waals surface area contributed by atoms with Crippen molar-refractivity contribution in [2.75, 3.05) is 12.4 Å². The van der Waals surface area contributed by atoms with Crippen molar-refractivity contribution in [1.29, 1.82) is 5.26 Å². The Morgan fingerprint density at radius 3 is 2.46 bits per heavy atom. The molecule has 6 nitrogen and oxygen atoms in total. The lowest BCUT2D eigenvalue weighted by molar-refractivity contribution is -0.128. The van der Waals surface area contributed by atoms with E-state index in [1.54, 1.807) is 42.5 Å². The summed E-state index contributed by atoms with van der Waals surface area (Å²) in [5, 5.41) is 9.71. The Morgan fingerprint density at radius 2 is 1.77 bits per heavy atom. The van der Waals surface area contributed by atoms with E-state index in [-0.39, 0.29) is 12.4 Å². The van der Waals surface area contributed by atoms with Crippen LogP contribution in [0.25, 0.3) is 0 Å². The van der Waals surface area contributed by atoms with E-state index in [0.29, 0.717) is 26.3 Å². The number of nitriles is 1. The Bertz CT molecular complexity index is 838. The highest BCUT2D eigenvalue weighted by Crippen LogP contribution is 2.29.